The molecule has 1 aliphatic rings. The highest BCUT2D eigenvalue weighted by atomic mass is 15.1. The Labute approximate surface area is 81.8 Å². The molecule has 0 saturated heterocycles. The van der Waals surface area contributed by atoms with Gasteiger partial charge in [0.05, 0.1) is 0 Å². The van der Waals surface area contributed by atoms with Gasteiger partial charge in [0.2, 0.25) is 0 Å². The summed E-state index contributed by atoms with van der Waals surface area (Å²) in [5, 5.41) is 0. The van der Waals surface area contributed by atoms with Gasteiger partial charge in [-0.05, 0) is 39.7 Å². The van der Waals surface area contributed by atoms with Crippen LogP contribution in [0.15, 0.2) is 12.2 Å². The molecule has 0 aliphatic carbocycles. The van der Waals surface area contributed by atoms with Crippen LogP contribution in [-0.2, 0) is 0 Å². The third kappa shape index (κ3) is 5.06. The van der Waals surface area contributed by atoms with Crippen LogP contribution in [0.4, 0.5) is 0 Å². The van der Waals surface area contributed by atoms with Crippen molar-refractivity contribution in [2.45, 2.75) is 38.6 Å². The normalized spacial score (nSPS) is 19.3. The smallest absolute Gasteiger partial charge is 0.0163 e. The summed E-state index contributed by atoms with van der Waals surface area (Å²) in [5.74, 6) is 0. The Balaban J connectivity index is 2.09. The summed E-state index contributed by atoms with van der Waals surface area (Å²) in [6, 6.07) is 0. The molecule has 0 unspecified atom stereocenters. The maximum atomic E-state index is 5.92. The van der Waals surface area contributed by atoms with E-state index in [0.717, 1.165) is 13.0 Å². The topological polar surface area (TPSA) is 29.3 Å². The standard InChI is InChI=1S/C11H22N2/c1-11(2,12)7-6-10-13-8-4-3-5-9-13/h3-4H,5-10,12H2,1-2H3. The Morgan fingerprint density at radius 3 is 2.69 bits per heavy atom. The fourth-order valence-corrected chi connectivity index (χ4v) is 1.65. The molecule has 2 nitrogen and oxygen atoms in total. The van der Waals surface area contributed by atoms with Crippen molar-refractivity contribution < 1.29 is 0 Å². The van der Waals surface area contributed by atoms with E-state index in [9.17, 15) is 0 Å². The maximum Gasteiger partial charge on any atom is 0.0163 e. The van der Waals surface area contributed by atoms with E-state index in [1.54, 1.807) is 0 Å². The van der Waals surface area contributed by atoms with Gasteiger partial charge in [-0.25, -0.2) is 0 Å². The maximum absolute atomic E-state index is 5.92. The van der Waals surface area contributed by atoms with Crippen molar-refractivity contribution in [1.29, 1.82) is 0 Å². The zero-order valence-electron chi connectivity index (χ0n) is 8.92. The molecule has 2 N–H and O–H groups in total. The van der Waals surface area contributed by atoms with Crippen LogP contribution < -0.4 is 5.73 Å². The molecule has 1 rings (SSSR count). The lowest BCUT2D eigenvalue weighted by atomic mass is 10.00. The monoisotopic (exact) mass is 182 g/mol. The van der Waals surface area contributed by atoms with E-state index in [1.165, 1.54) is 25.9 Å². The SMILES string of the molecule is CC(C)(N)CCCN1CC=CCC1. The number of hydrogen-bond acceptors (Lipinski definition) is 2. The third-order valence-corrected chi connectivity index (χ3v) is 2.44. The molecule has 0 aromatic carbocycles. The van der Waals surface area contributed by atoms with Crippen LogP contribution in [0.1, 0.15) is 33.1 Å². The molecule has 13 heavy (non-hydrogen) atoms. The zero-order valence-corrected chi connectivity index (χ0v) is 8.92. The molecule has 1 aliphatic heterocycles. The molecule has 0 saturated carbocycles. The van der Waals surface area contributed by atoms with Gasteiger partial charge in [0.25, 0.3) is 0 Å². The van der Waals surface area contributed by atoms with Crippen molar-refractivity contribution in [3.8, 4) is 0 Å². The fraction of sp³-hybridized carbons (Fsp3) is 0.818. The van der Waals surface area contributed by atoms with Crippen molar-refractivity contribution in [3.05, 3.63) is 12.2 Å². The summed E-state index contributed by atoms with van der Waals surface area (Å²) < 4.78 is 0. The molecular formula is C11H22N2. The Hall–Kier alpha value is -0.340. The van der Waals surface area contributed by atoms with E-state index >= 15 is 0 Å². The summed E-state index contributed by atoms with van der Waals surface area (Å²) in [6.07, 6.45) is 8.08. The Bertz CT molecular complexity index is 167. The minimum Gasteiger partial charge on any atom is -0.326 e. The summed E-state index contributed by atoms with van der Waals surface area (Å²) in [4.78, 5) is 2.49. The lowest BCUT2D eigenvalue weighted by Crippen LogP contribution is -2.34. The van der Waals surface area contributed by atoms with E-state index in [-0.39, 0.29) is 5.54 Å². The zero-order chi connectivity index (χ0) is 9.73. The molecule has 0 bridgehead atoms. The Kier molecular flexibility index (Phi) is 3.94. The van der Waals surface area contributed by atoms with Gasteiger partial charge in [-0.1, -0.05) is 12.2 Å². The highest BCUT2D eigenvalue weighted by Gasteiger charge is 2.11. The van der Waals surface area contributed by atoms with Crippen LogP contribution in [0.3, 0.4) is 0 Å². The lowest BCUT2D eigenvalue weighted by Gasteiger charge is -2.25. The minimum absolute atomic E-state index is 0.00558. The van der Waals surface area contributed by atoms with Gasteiger partial charge in [0.1, 0.15) is 0 Å². The van der Waals surface area contributed by atoms with E-state index in [4.69, 9.17) is 5.73 Å². The van der Waals surface area contributed by atoms with Crippen LogP contribution >= 0.6 is 0 Å². The van der Waals surface area contributed by atoms with Gasteiger partial charge in [-0.15, -0.1) is 0 Å². The minimum atomic E-state index is 0.00558. The average Bonchev–Trinajstić information content (AvgIpc) is 2.04. The summed E-state index contributed by atoms with van der Waals surface area (Å²) in [7, 11) is 0. The third-order valence-electron chi connectivity index (χ3n) is 2.44. The van der Waals surface area contributed by atoms with Crippen molar-refractivity contribution in [1.82, 2.24) is 4.90 Å². The quantitative estimate of drug-likeness (QED) is 0.671. The van der Waals surface area contributed by atoms with Gasteiger partial charge >= 0.3 is 0 Å². The largest absolute Gasteiger partial charge is 0.326 e. The Morgan fingerprint density at radius 1 is 1.38 bits per heavy atom. The van der Waals surface area contributed by atoms with Crippen LogP contribution in [0, 0.1) is 0 Å². The van der Waals surface area contributed by atoms with Crippen molar-refractivity contribution >= 4 is 0 Å². The number of hydrogen-bond donors (Lipinski definition) is 1. The van der Waals surface area contributed by atoms with E-state index in [1.807, 2.05) is 0 Å². The second kappa shape index (κ2) is 4.77. The van der Waals surface area contributed by atoms with Crippen molar-refractivity contribution in [3.63, 3.8) is 0 Å². The molecule has 0 atom stereocenters. The number of nitrogens with zero attached hydrogens (tertiary/aromatic N) is 1. The lowest BCUT2D eigenvalue weighted by molar-refractivity contribution is 0.280. The first-order chi connectivity index (χ1) is 6.08. The van der Waals surface area contributed by atoms with Crippen LogP contribution in [0.2, 0.25) is 0 Å². The molecule has 0 radical (unpaired) electrons. The van der Waals surface area contributed by atoms with Crippen LogP contribution in [-0.4, -0.2) is 30.1 Å². The van der Waals surface area contributed by atoms with Crippen molar-refractivity contribution in [2.75, 3.05) is 19.6 Å². The number of rotatable bonds is 4. The van der Waals surface area contributed by atoms with Gasteiger partial charge in [-0.2, -0.15) is 0 Å². The second-order valence-electron chi connectivity index (χ2n) is 4.65. The van der Waals surface area contributed by atoms with Gasteiger partial charge in [0, 0.05) is 18.6 Å². The van der Waals surface area contributed by atoms with Gasteiger partial charge in [0.15, 0.2) is 0 Å². The molecule has 0 amide bonds. The van der Waals surface area contributed by atoms with E-state index < -0.39 is 0 Å². The highest BCUT2D eigenvalue weighted by molar-refractivity contribution is 4.90. The van der Waals surface area contributed by atoms with E-state index in [2.05, 4.69) is 30.9 Å². The van der Waals surface area contributed by atoms with Crippen LogP contribution in [0.25, 0.3) is 0 Å². The molecule has 0 spiro atoms. The van der Waals surface area contributed by atoms with Gasteiger partial charge < -0.3 is 5.73 Å². The summed E-state index contributed by atoms with van der Waals surface area (Å²) >= 11 is 0. The number of nitrogens with two attached hydrogens (primary N) is 1. The van der Waals surface area contributed by atoms with E-state index in [0.29, 0.717) is 0 Å². The van der Waals surface area contributed by atoms with Crippen LogP contribution in [0.5, 0.6) is 0 Å². The first kappa shape index (κ1) is 10.7. The molecule has 0 aromatic rings. The summed E-state index contributed by atoms with van der Waals surface area (Å²) in [6.45, 7) is 7.75. The predicted molar refractivity (Wildman–Crippen MR) is 57.7 cm³/mol. The summed E-state index contributed by atoms with van der Waals surface area (Å²) in [5.41, 5.74) is 5.92. The molecule has 76 valence electrons. The predicted octanol–water partition coefficient (Wildman–Crippen LogP) is 1.77. The molecule has 0 aromatic heterocycles. The highest BCUT2D eigenvalue weighted by Crippen LogP contribution is 2.09. The second-order valence-corrected chi connectivity index (χ2v) is 4.65. The average molecular weight is 182 g/mol. The van der Waals surface area contributed by atoms with Crippen molar-refractivity contribution in [2.24, 2.45) is 5.73 Å². The molecule has 2 heteroatoms. The van der Waals surface area contributed by atoms with Gasteiger partial charge in [-0.3, -0.25) is 4.90 Å². The molecule has 0 fully saturated rings. The Morgan fingerprint density at radius 2 is 2.15 bits per heavy atom. The first-order valence-corrected chi connectivity index (χ1v) is 5.24. The fourth-order valence-electron chi connectivity index (χ4n) is 1.65. The molecular weight excluding hydrogens is 160 g/mol. The first-order valence-electron chi connectivity index (χ1n) is 5.24. The molecule has 1 heterocycles.